The Balaban J connectivity index is 1.97. The van der Waals surface area contributed by atoms with Crippen molar-refractivity contribution >= 4 is 11.6 Å². The number of amides is 1. The molecule has 18 heavy (non-hydrogen) atoms. The van der Waals surface area contributed by atoms with Crippen LogP contribution < -0.4 is 10.6 Å². The monoisotopic (exact) mass is 245 g/mol. The molecule has 0 radical (unpaired) electrons. The van der Waals surface area contributed by atoms with Crippen LogP contribution in [0.5, 0.6) is 0 Å². The molecule has 0 aromatic carbocycles. The summed E-state index contributed by atoms with van der Waals surface area (Å²) in [5, 5.41) is 5.92. The molecular formula is C13H15N3O2. The van der Waals surface area contributed by atoms with E-state index in [9.17, 15) is 4.79 Å². The Morgan fingerprint density at radius 3 is 3.06 bits per heavy atom. The van der Waals surface area contributed by atoms with Crippen molar-refractivity contribution in [2.45, 2.75) is 13.5 Å². The van der Waals surface area contributed by atoms with Gasteiger partial charge in [0.25, 0.3) is 5.91 Å². The van der Waals surface area contributed by atoms with Crippen LogP contribution in [0.25, 0.3) is 0 Å². The van der Waals surface area contributed by atoms with Crippen molar-refractivity contribution in [3.63, 3.8) is 0 Å². The fourth-order valence-corrected chi connectivity index (χ4v) is 1.53. The highest BCUT2D eigenvalue weighted by Crippen LogP contribution is 2.07. The summed E-state index contributed by atoms with van der Waals surface area (Å²) in [6.45, 7) is 3.24. The second-order valence-corrected chi connectivity index (χ2v) is 3.77. The summed E-state index contributed by atoms with van der Waals surface area (Å²) in [5.41, 5.74) is 2.21. The number of pyridine rings is 1. The lowest BCUT2D eigenvalue weighted by Crippen LogP contribution is -2.23. The van der Waals surface area contributed by atoms with Crippen LogP contribution in [0.15, 0.2) is 41.3 Å². The van der Waals surface area contributed by atoms with E-state index in [4.69, 9.17) is 4.42 Å². The molecule has 0 saturated heterocycles. The maximum Gasteiger partial charge on any atom is 0.270 e. The van der Waals surface area contributed by atoms with Gasteiger partial charge < -0.3 is 15.1 Å². The minimum atomic E-state index is -0.198. The van der Waals surface area contributed by atoms with E-state index in [1.54, 1.807) is 24.8 Å². The van der Waals surface area contributed by atoms with Gasteiger partial charge in [0.1, 0.15) is 5.69 Å². The van der Waals surface area contributed by atoms with Crippen LogP contribution in [0.1, 0.15) is 23.0 Å². The molecule has 0 aliphatic rings. The van der Waals surface area contributed by atoms with Gasteiger partial charge in [0.05, 0.1) is 12.5 Å². The summed E-state index contributed by atoms with van der Waals surface area (Å²) in [5.74, 6) is -0.198. The smallest absolute Gasteiger partial charge is 0.270 e. The minimum Gasteiger partial charge on any atom is -0.472 e. The number of rotatable bonds is 5. The molecule has 0 fully saturated rings. The van der Waals surface area contributed by atoms with Gasteiger partial charge in [-0.05, 0) is 25.1 Å². The van der Waals surface area contributed by atoms with Gasteiger partial charge in [-0.2, -0.15) is 0 Å². The van der Waals surface area contributed by atoms with Gasteiger partial charge in [0.2, 0.25) is 0 Å². The quantitative estimate of drug-likeness (QED) is 0.845. The SMILES string of the molecule is CCNc1ccnc(C(=O)NCc2ccoc2)c1. The maximum atomic E-state index is 11.9. The number of nitrogens with zero attached hydrogens (tertiary/aromatic N) is 1. The molecule has 2 aromatic rings. The van der Waals surface area contributed by atoms with Crippen molar-refractivity contribution in [2.75, 3.05) is 11.9 Å². The molecule has 0 unspecified atom stereocenters. The number of hydrogen-bond donors (Lipinski definition) is 2. The van der Waals surface area contributed by atoms with Gasteiger partial charge in [-0.15, -0.1) is 0 Å². The van der Waals surface area contributed by atoms with Crippen LogP contribution in [0.4, 0.5) is 5.69 Å². The summed E-state index contributed by atoms with van der Waals surface area (Å²) in [7, 11) is 0. The lowest BCUT2D eigenvalue weighted by molar-refractivity contribution is 0.0946. The summed E-state index contributed by atoms with van der Waals surface area (Å²) in [4.78, 5) is 15.9. The maximum absolute atomic E-state index is 11.9. The van der Waals surface area contributed by atoms with Crippen LogP contribution in [0.2, 0.25) is 0 Å². The Bertz CT molecular complexity index is 509. The second kappa shape index (κ2) is 5.86. The molecule has 2 rings (SSSR count). The molecule has 0 spiro atoms. The van der Waals surface area contributed by atoms with Crippen molar-refractivity contribution in [3.05, 3.63) is 48.2 Å². The number of hydrogen-bond acceptors (Lipinski definition) is 4. The first kappa shape index (κ1) is 12.2. The zero-order valence-corrected chi connectivity index (χ0v) is 10.1. The molecule has 94 valence electrons. The minimum absolute atomic E-state index is 0.198. The average molecular weight is 245 g/mol. The largest absolute Gasteiger partial charge is 0.472 e. The molecule has 5 heteroatoms. The lowest BCUT2D eigenvalue weighted by atomic mass is 10.3. The topological polar surface area (TPSA) is 67.2 Å². The van der Waals surface area contributed by atoms with Crippen molar-refractivity contribution in [1.29, 1.82) is 0 Å². The van der Waals surface area contributed by atoms with Gasteiger partial charge in [-0.1, -0.05) is 0 Å². The number of aromatic nitrogens is 1. The van der Waals surface area contributed by atoms with Gasteiger partial charge in [0, 0.05) is 30.5 Å². The zero-order chi connectivity index (χ0) is 12.8. The van der Waals surface area contributed by atoms with E-state index in [-0.39, 0.29) is 5.91 Å². The Morgan fingerprint density at radius 1 is 1.44 bits per heavy atom. The van der Waals surface area contributed by atoms with Gasteiger partial charge in [0.15, 0.2) is 0 Å². The Kier molecular flexibility index (Phi) is 3.96. The third kappa shape index (κ3) is 3.10. The molecule has 1 amide bonds. The van der Waals surface area contributed by atoms with E-state index < -0.39 is 0 Å². The predicted molar refractivity (Wildman–Crippen MR) is 68.3 cm³/mol. The van der Waals surface area contributed by atoms with Gasteiger partial charge in [-0.3, -0.25) is 9.78 Å². The molecule has 0 saturated carbocycles. The first-order valence-corrected chi connectivity index (χ1v) is 5.79. The highest BCUT2D eigenvalue weighted by atomic mass is 16.3. The normalized spacial score (nSPS) is 10.1. The summed E-state index contributed by atoms with van der Waals surface area (Å²) in [6.07, 6.45) is 4.79. The number of furan rings is 1. The molecule has 0 aliphatic carbocycles. The predicted octanol–water partition coefficient (Wildman–Crippen LogP) is 2.04. The highest BCUT2D eigenvalue weighted by molar-refractivity contribution is 5.93. The van der Waals surface area contributed by atoms with E-state index in [0.29, 0.717) is 12.2 Å². The first-order valence-electron chi connectivity index (χ1n) is 5.79. The molecule has 5 nitrogen and oxygen atoms in total. The standard InChI is InChI=1S/C13H15N3O2/c1-2-14-11-3-5-15-12(7-11)13(17)16-8-10-4-6-18-9-10/h3-7,9H,2,8H2,1H3,(H,14,15)(H,16,17). The number of nitrogens with one attached hydrogen (secondary N) is 2. The highest BCUT2D eigenvalue weighted by Gasteiger charge is 2.07. The third-order valence-corrected chi connectivity index (χ3v) is 2.41. The van der Waals surface area contributed by atoms with Gasteiger partial charge in [-0.25, -0.2) is 0 Å². The lowest BCUT2D eigenvalue weighted by Gasteiger charge is -2.06. The van der Waals surface area contributed by atoms with Crippen LogP contribution in [0, 0.1) is 0 Å². The number of carbonyl (C=O) groups excluding carboxylic acids is 1. The molecular weight excluding hydrogens is 230 g/mol. The van der Waals surface area contributed by atoms with Crippen LogP contribution >= 0.6 is 0 Å². The second-order valence-electron chi connectivity index (χ2n) is 3.77. The Hall–Kier alpha value is -2.30. The van der Waals surface area contributed by atoms with E-state index in [0.717, 1.165) is 17.8 Å². The molecule has 2 heterocycles. The number of anilines is 1. The van der Waals surface area contributed by atoms with E-state index in [1.807, 2.05) is 19.1 Å². The van der Waals surface area contributed by atoms with E-state index in [1.165, 1.54) is 0 Å². The van der Waals surface area contributed by atoms with Crippen molar-refractivity contribution in [2.24, 2.45) is 0 Å². The number of carbonyl (C=O) groups is 1. The van der Waals surface area contributed by atoms with Crippen molar-refractivity contribution in [3.8, 4) is 0 Å². The fourth-order valence-electron chi connectivity index (χ4n) is 1.53. The molecule has 0 bridgehead atoms. The zero-order valence-electron chi connectivity index (χ0n) is 10.1. The van der Waals surface area contributed by atoms with Crippen LogP contribution in [-0.2, 0) is 6.54 Å². The van der Waals surface area contributed by atoms with E-state index in [2.05, 4.69) is 15.6 Å². The Labute approximate surface area is 105 Å². The van der Waals surface area contributed by atoms with Crippen LogP contribution in [-0.4, -0.2) is 17.4 Å². The Morgan fingerprint density at radius 2 is 2.33 bits per heavy atom. The van der Waals surface area contributed by atoms with Crippen LogP contribution in [0.3, 0.4) is 0 Å². The average Bonchev–Trinajstić information content (AvgIpc) is 2.90. The van der Waals surface area contributed by atoms with Crippen molar-refractivity contribution < 1.29 is 9.21 Å². The molecule has 0 atom stereocenters. The van der Waals surface area contributed by atoms with E-state index >= 15 is 0 Å². The van der Waals surface area contributed by atoms with Crippen molar-refractivity contribution in [1.82, 2.24) is 10.3 Å². The summed E-state index contributed by atoms with van der Waals surface area (Å²) in [6, 6.07) is 5.37. The molecule has 2 N–H and O–H groups in total. The van der Waals surface area contributed by atoms with Gasteiger partial charge >= 0.3 is 0 Å². The first-order chi connectivity index (χ1) is 8.79. The third-order valence-electron chi connectivity index (χ3n) is 2.41. The summed E-state index contributed by atoms with van der Waals surface area (Å²) >= 11 is 0. The molecule has 0 aliphatic heterocycles. The summed E-state index contributed by atoms with van der Waals surface area (Å²) < 4.78 is 4.93. The molecule has 2 aromatic heterocycles. The fraction of sp³-hybridized carbons (Fsp3) is 0.231.